The van der Waals surface area contributed by atoms with Crippen LogP contribution in [0.25, 0.3) is 6.05 Å². The van der Waals surface area contributed by atoms with Gasteiger partial charge < -0.3 is 0 Å². The normalized spacial score (nSPS) is 11.8. The van der Waals surface area contributed by atoms with Crippen LogP contribution in [-0.4, -0.2) is 5.78 Å². The lowest BCUT2D eigenvalue weighted by Gasteiger charge is -2.01. The summed E-state index contributed by atoms with van der Waals surface area (Å²) in [6, 6.07) is 16.6. The van der Waals surface area contributed by atoms with Crippen molar-refractivity contribution >= 4 is 11.8 Å². The van der Waals surface area contributed by atoms with Crippen LogP contribution >= 0.6 is 0 Å². The molecule has 0 radical (unpaired) electrons. The Morgan fingerprint density at radius 3 is 2.22 bits per heavy atom. The van der Waals surface area contributed by atoms with E-state index < -0.39 is 0 Å². The molecule has 1 heteroatoms. The molecule has 0 aliphatic heterocycles. The van der Waals surface area contributed by atoms with Crippen molar-refractivity contribution < 1.29 is 6.17 Å². The lowest BCUT2D eigenvalue weighted by atomic mass is 10.0. The number of rotatable bonds is 4. The standard InChI is InChI=1S/C17H14O/c1-2-3-7-14-10-12-16(13-11-14)17(18)15-8-5-4-6-9-15/h2-13H,1H2/b7-3+/i7D. The highest BCUT2D eigenvalue weighted by molar-refractivity contribution is 6.09. The first kappa shape index (κ1) is 10.7. The summed E-state index contributed by atoms with van der Waals surface area (Å²) in [6.07, 6.45) is 3.19. The van der Waals surface area contributed by atoms with Crippen molar-refractivity contribution in [1.29, 1.82) is 0 Å². The van der Waals surface area contributed by atoms with Crippen LogP contribution in [0.2, 0.25) is 0 Å². The van der Waals surface area contributed by atoms with Crippen molar-refractivity contribution in [2.24, 2.45) is 0 Å². The van der Waals surface area contributed by atoms with E-state index in [0.717, 1.165) is 5.56 Å². The van der Waals surface area contributed by atoms with Gasteiger partial charge in [0.1, 0.15) is 0 Å². The Morgan fingerprint density at radius 2 is 1.61 bits per heavy atom. The molecule has 0 amide bonds. The van der Waals surface area contributed by atoms with Crippen molar-refractivity contribution in [2.45, 2.75) is 0 Å². The molecule has 0 bridgehead atoms. The Hall–Kier alpha value is -2.41. The molecule has 0 fully saturated rings. The third-order valence-electron chi connectivity index (χ3n) is 2.55. The van der Waals surface area contributed by atoms with Crippen molar-refractivity contribution in [2.75, 3.05) is 0 Å². The molecular formula is C17H14O. The maximum atomic E-state index is 12.2. The number of carbonyl (C=O) groups is 1. The van der Waals surface area contributed by atoms with Crippen molar-refractivity contribution in [1.82, 2.24) is 0 Å². The Labute approximate surface area is 109 Å². The molecule has 0 atom stereocenters. The van der Waals surface area contributed by atoms with Gasteiger partial charge in [0.2, 0.25) is 0 Å². The van der Waals surface area contributed by atoms with Crippen LogP contribution in [0.15, 0.2) is 73.3 Å². The van der Waals surface area contributed by atoms with E-state index in [9.17, 15) is 4.79 Å². The topological polar surface area (TPSA) is 17.1 Å². The molecule has 2 aromatic carbocycles. The third kappa shape index (κ3) is 2.83. The third-order valence-corrected chi connectivity index (χ3v) is 2.55. The zero-order valence-electron chi connectivity index (χ0n) is 11.0. The molecule has 0 aromatic heterocycles. The summed E-state index contributed by atoms with van der Waals surface area (Å²) in [5.74, 6) is -0.00798. The summed E-state index contributed by atoms with van der Waals surface area (Å²) in [5, 5.41) is 0. The molecule has 0 heterocycles. The van der Waals surface area contributed by atoms with E-state index in [1.54, 1.807) is 48.6 Å². The van der Waals surface area contributed by atoms with Crippen LogP contribution in [0.4, 0.5) is 0 Å². The maximum absolute atomic E-state index is 12.2. The van der Waals surface area contributed by atoms with E-state index in [1.165, 1.54) is 0 Å². The van der Waals surface area contributed by atoms with Crippen molar-refractivity contribution in [3.63, 3.8) is 0 Å². The second-order valence-electron chi connectivity index (χ2n) is 3.82. The van der Waals surface area contributed by atoms with Crippen LogP contribution in [0, 0.1) is 0 Å². The van der Waals surface area contributed by atoms with Crippen molar-refractivity contribution in [3.8, 4) is 0 Å². The Balaban J connectivity index is 2.26. The predicted molar refractivity (Wildman–Crippen MR) is 75.5 cm³/mol. The summed E-state index contributed by atoms with van der Waals surface area (Å²) in [6.45, 7) is 3.56. The van der Waals surface area contributed by atoms with Gasteiger partial charge in [0, 0.05) is 11.1 Å². The Bertz CT molecular complexity index is 609. The van der Waals surface area contributed by atoms with Gasteiger partial charge in [-0.3, -0.25) is 4.79 Å². The summed E-state index contributed by atoms with van der Waals surface area (Å²) < 4.78 is 7.76. The zero-order chi connectivity index (χ0) is 13.7. The predicted octanol–water partition coefficient (Wildman–Crippen LogP) is 4.12. The van der Waals surface area contributed by atoms with Crippen LogP contribution in [0.1, 0.15) is 22.9 Å². The molecule has 2 aromatic rings. The summed E-state index contributed by atoms with van der Waals surface area (Å²) in [7, 11) is 0. The number of ketones is 1. The highest BCUT2D eigenvalue weighted by Gasteiger charge is 2.07. The fraction of sp³-hybridized carbons (Fsp3) is 0. The van der Waals surface area contributed by atoms with E-state index in [0.29, 0.717) is 17.2 Å². The largest absolute Gasteiger partial charge is 0.289 e. The summed E-state index contributed by atoms with van der Waals surface area (Å²) in [5.41, 5.74) is 2.06. The number of allylic oxidation sites excluding steroid dienone is 2. The van der Waals surface area contributed by atoms with Crippen LogP contribution < -0.4 is 0 Å². The Kier molecular flexibility index (Phi) is 3.44. The van der Waals surface area contributed by atoms with Gasteiger partial charge in [0.15, 0.2) is 5.78 Å². The molecule has 0 N–H and O–H groups in total. The number of carbonyl (C=O) groups excluding carboxylic acids is 1. The first-order valence-corrected chi connectivity index (χ1v) is 5.72. The SMILES string of the molecule is [2H]/C(=C\C=C)c1ccc(C(=O)c2ccccc2)cc1. The first-order valence-electron chi connectivity index (χ1n) is 6.22. The minimum absolute atomic E-state index is 0.00798. The van der Waals surface area contributed by atoms with Crippen LogP contribution in [-0.2, 0) is 0 Å². The summed E-state index contributed by atoms with van der Waals surface area (Å²) in [4.78, 5) is 12.2. The second-order valence-corrected chi connectivity index (χ2v) is 3.82. The number of hydrogen-bond donors (Lipinski definition) is 0. The molecule has 0 unspecified atom stereocenters. The van der Waals surface area contributed by atoms with Crippen molar-refractivity contribution in [3.05, 3.63) is 90.0 Å². The average Bonchev–Trinajstić information content (AvgIpc) is 2.48. The number of benzene rings is 2. The van der Waals surface area contributed by atoms with E-state index in [4.69, 9.17) is 1.37 Å². The highest BCUT2D eigenvalue weighted by atomic mass is 16.1. The van der Waals surface area contributed by atoms with Crippen LogP contribution in [0.3, 0.4) is 0 Å². The molecule has 88 valence electrons. The molecule has 2 rings (SSSR count). The van der Waals surface area contributed by atoms with Crippen LogP contribution in [0.5, 0.6) is 0 Å². The Morgan fingerprint density at radius 1 is 1.00 bits per heavy atom. The quantitative estimate of drug-likeness (QED) is 0.575. The smallest absolute Gasteiger partial charge is 0.193 e. The molecule has 0 aliphatic carbocycles. The lowest BCUT2D eigenvalue weighted by molar-refractivity contribution is 0.103. The molecule has 1 nitrogen and oxygen atoms in total. The van der Waals surface area contributed by atoms with Gasteiger partial charge in [-0.25, -0.2) is 0 Å². The average molecular weight is 235 g/mol. The van der Waals surface area contributed by atoms with Gasteiger partial charge in [-0.05, 0) is 5.56 Å². The van der Waals surface area contributed by atoms with Gasteiger partial charge in [0.05, 0.1) is 1.37 Å². The summed E-state index contributed by atoms with van der Waals surface area (Å²) >= 11 is 0. The van der Waals surface area contributed by atoms with Gasteiger partial charge in [-0.2, -0.15) is 0 Å². The van der Waals surface area contributed by atoms with E-state index in [2.05, 4.69) is 6.58 Å². The number of hydrogen-bond acceptors (Lipinski definition) is 1. The van der Waals surface area contributed by atoms with Gasteiger partial charge in [-0.15, -0.1) is 0 Å². The second kappa shape index (κ2) is 5.78. The molecule has 0 spiro atoms. The van der Waals surface area contributed by atoms with Gasteiger partial charge >= 0.3 is 0 Å². The molecule has 18 heavy (non-hydrogen) atoms. The van der Waals surface area contributed by atoms with E-state index >= 15 is 0 Å². The van der Waals surface area contributed by atoms with Gasteiger partial charge in [-0.1, -0.05) is 79.4 Å². The minimum atomic E-state index is -0.00798. The monoisotopic (exact) mass is 235 g/mol. The molecule has 0 saturated carbocycles. The highest BCUT2D eigenvalue weighted by Crippen LogP contribution is 2.11. The molecule has 0 aliphatic rings. The minimum Gasteiger partial charge on any atom is -0.289 e. The van der Waals surface area contributed by atoms with Gasteiger partial charge in [0.25, 0.3) is 0 Å². The fourth-order valence-corrected chi connectivity index (χ4v) is 1.63. The lowest BCUT2D eigenvalue weighted by Crippen LogP contribution is -2.00. The first-order chi connectivity index (χ1) is 9.22. The fourth-order valence-electron chi connectivity index (χ4n) is 1.63. The zero-order valence-corrected chi connectivity index (χ0v) is 9.97. The maximum Gasteiger partial charge on any atom is 0.193 e. The molecule has 0 saturated heterocycles. The van der Waals surface area contributed by atoms with E-state index in [-0.39, 0.29) is 5.78 Å². The molecular weight excluding hydrogens is 220 g/mol. The van der Waals surface area contributed by atoms with E-state index in [1.807, 2.05) is 18.2 Å².